The van der Waals surface area contributed by atoms with Crippen LogP contribution in [0, 0.1) is 0 Å². The van der Waals surface area contributed by atoms with E-state index in [1.54, 1.807) is 14.2 Å². The number of ether oxygens (including phenoxy) is 2. The smallest absolute Gasteiger partial charge is 0.274 e. The summed E-state index contributed by atoms with van der Waals surface area (Å²) in [4.78, 5) is 32.6. The van der Waals surface area contributed by atoms with Gasteiger partial charge in [0.25, 0.3) is 5.91 Å². The molecule has 42 heavy (non-hydrogen) atoms. The molecule has 0 unspecified atom stereocenters. The number of hydrogen-bond donors (Lipinski definition) is 3. The number of carbonyl (C=O) groups is 2. The molecule has 1 atom stereocenters. The number of carboxylic acid groups (broad SMARTS) is 1. The summed E-state index contributed by atoms with van der Waals surface area (Å²) in [6.45, 7) is 1.86. The average molecular weight is 599 g/mol. The number of nitrogens with two attached hydrogens (primary N) is 2. The number of nitrogens with zero attached hydrogens (tertiary/aromatic N) is 3. The fourth-order valence-electron chi connectivity index (χ4n) is 4.97. The molecule has 11 nitrogen and oxygen atoms in total. The molecule has 3 aromatic rings. The van der Waals surface area contributed by atoms with Crippen molar-refractivity contribution in [2.75, 3.05) is 52.4 Å². The van der Waals surface area contributed by atoms with Gasteiger partial charge < -0.3 is 40.6 Å². The largest absolute Gasteiger partial charge is 0.550 e. The molecule has 226 valence electrons. The highest BCUT2D eigenvalue weighted by molar-refractivity contribution is 6.31. The van der Waals surface area contributed by atoms with Crippen LogP contribution in [0.15, 0.2) is 48.5 Å². The van der Waals surface area contributed by atoms with Crippen LogP contribution < -0.4 is 31.4 Å². The lowest BCUT2D eigenvalue weighted by Gasteiger charge is -2.38. The van der Waals surface area contributed by atoms with Crippen LogP contribution in [0.4, 0.5) is 11.6 Å². The Morgan fingerprint density at radius 1 is 0.905 bits per heavy atom. The number of nitrogen functional groups attached to an aromatic ring is 2. The second kappa shape index (κ2) is 15.2. The maximum atomic E-state index is 13.1. The van der Waals surface area contributed by atoms with Crippen LogP contribution in [-0.4, -0.2) is 73.3 Å². The number of aryl methyl sites for hydroxylation is 2. The maximum absolute atomic E-state index is 13.1. The minimum atomic E-state index is -1.28. The van der Waals surface area contributed by atoms with Gasteiger partial charge in [-0.2, -0.15) is 0 Å². The normalized spacial score (nSPS) is 12.0. The molecule has 1 aromatic heterocycles. The zero-order valence-electron chi connectivity index (χ0n) is 24.3. The van der Waals surface area contributed by atoms with Crippen LogP contribution in [0.2, 0.25) is 5.15 Å². The van der Waals surface area contributed by atoms with E-state index in [0.717, 1.165) is 50.3 Å². The molecule has 0 aliphatic carbocycles. The number of hydrogen-bond acceptors (Lipinski definition) is 9. The number of aromatic nitrogens is 2. The van der Waals surface area contributed by atoms with E-state index in [-0.39, 0.29) is 28.9 Å². The molecule has 0 fully saturated rings. The van der Waals surface area contributed by atoms with Gasteiger partial charge in [-0.1, -0.05) is 35.9 Å². The van der Waals surface area contributed by atoms with Crippen molar-refractivity contribution < 1.29 is 28.7 Å². The molecule has 0 radical (unpaired) electrons. The van der Waals surface area contributed by atoms with Gasteiger partial charge in [-0.05, 0) is 48.2 Å². The van der Waals surface area contributed by atoms with E-state index in [1.807, 2.05) is 48.5 Å². The zero-order chi connectivity index (χ0) is 30.7. The number of likely N-dealkylation sites (N-methyl/N-ethyl adjacent to an activating group) is 1. The number of aliphatic carboxylic acids is 1. The molecule has 1 amide bonds. The number of methoxy groups -OCH3 is 2. The Hall–Kier alpha value is -4.09. The number of halogens is 1. The van der Waals surface area contributed by atoms with Gasteiger partial charge in [0, 0.05) is 25.2 Å². The maximum Gasteiger partial charge on any atom is 0.274 e. The monoisotopic (exact) mass is 598 g/mol. The fourth-order valence-corrected chi connectivity index (χ4v) is 5.09. The third kappa shape index (κ3) is 9.78. The molecule has 0 aliphatic heterocycles. The number of carbonyl (C=O) groups excluding carboxylic acids is 2. The molecule has 0 saturated carbocycles. The van der Waals surface area contributed by atoms with Gasteiger partial charge in [0.2, 0.25) is 0 Å². The second-order valence-corrected chi connectivity index (χ2v) is 10.9. The van der Waals surface area contributed by atoms with Crippen molar-refractivity contribution in [3.05, 3.63) is 70.5 Å². The van der Waals surface area contributed by atoms with Gasteiger partial charge in [0.15, 0.2) is 22.5 Å². The summed E-state index contributed by atoms with van der Waals surface area (Å²) in [7, 11) is 5.34. The van der Waals surface area contributed by atoms with Crippen LogP contribution in [-0.2, 0) is 17.6 Å². The van der Waals surface area contributed by atoms with E-state index in [9.17, 15) is 14.7 Å². The minimum Gasteiger partial charge on any atom is -0.550 e. The van der Waals surface area contributed by atoms with Crippen LogP contribution in [0.25, 0.3) is 0 Å². The van der Waals surface area contributed by atoms with Gasteiger partial charge in [-0.15, -0.1) is 0 Å². The van der Waals surface area contributed by atoms with E-state index in [1.165, 1.54) is 11.1 Å². The molecule has 2 aromatic carbocycles. The average Bonchev–Trinajstić information content (AvgIpc) is 2.95. The molecule has 12 heteroatoms. The molecular weight excluding hydrogens is 560 g/mol. The Bertz CT molecular complexity index is 1280. The van der Waals surface area contributed by atoms with E-state index in [0.29, 0.717) is 11.0 Å². The summed E-state index contributed by atoms with van der Waals surface area (Å²) < 4.78 is 11.0. The summed E-state index contributed by atoms with van der Waals surface area (Å²) in [6.07, 6.45) is 2.99. The predicted octanol–water partition coefficient (Wildman–Crippen LogP) is 2.26. The first-order valence-corrected chi connectivity index (χ1v) is 14.1. The van der Waals surface area contributed by atoms with Crippen molar-refractivity contribution in [2.45, 2.75) is 38.1 Å². The minimum absolute atomic E-state index is 0.102. The van der Waals surface area contributed by atoms with Gasteiger partial charge in [-0.25, -0.2) is 9.97 Å². The predicted molar refractivity (Wildman–Crippen MR) is 160 cm³/mol. The highest BCUT2D eigenvalue weighted by Gasteiger charge is 2.29. The number of amides is 1. The molecular formula is C30H39ClN6O5. The zero-order valence-corrected chi connectivity index (χ0v) is 25.0. The van der Waals surface area contributed by atoms with Crippen molar-refractivity contribution in [1.29, 1.82) is 0 Å². The van der Waals surface area contributed by atoms with E-state index in [4.69, 9.17) is 32.5 Å². The first kappa shape index (κ1) is 32.4. The molecule has 1 heterocycles. The number of nitrogens with one attached hydrogen (secondary N) is 1. The van der Waals surface area contributed by atoms with Gasteiger partial charge in [-0.3, -0.25) is 4.79 Å². The highest BCUT2D eigenvalue weighted by Crippen LogP contribution is 2.20. The van der Waals surface area contributed by atoms with E-state index < -0.39 is 17.9 Å². The van der Waals surface area contributed by atoms with Crippen molar-refractivity contribution in [2.24, 2.45) is 0 Å². The third-order valence-corrected chi connectivity index (χ3v) is 7.45. The van der Waals surface area contributed by atoms with Crippen molar-refractivity contribution in [3.63, 3.8) is 0 Å². The lowest BCUT2D eigenvalue weighted by Crippen LogP contribution is -2.55. The standard InChI is InChI=1S/C30H39ClN6O5/c1-37(16-4-6-20-8-12-23(41-2)13-9-20,17-5-7-21-10-14-24(42-3)15-11-21)19-22(18-25(38)39)34-30(40)26-28(32)36-29(33)27(31)35-26/h8-15,22H,4-7,16-19H2,1-3H3,(H5-,32,33,34,36,38,39,40)/t22-/m0/s1. The number of carboxylic acids is 1. The molecule has 0 saturated heterocycles. The van der Waals surface area contributed by atoms with Crippen LogP contribution in [0.1, 0.15) is 40.9 Å². The summed E-state index contributed by atoms with van der Waals surface area (Å²) in [5, 5.41) is 14.3. The summed E-state index contributed by atoms with van der Waals surface area (Å²) in [5.41, 5.74) is 13.6. The second-order valence-electron chi connectivity index (χ2n) is 10.5. The lowest BCUT2D eigenvalue weighted by molar-refractivity contribution is -0.911. The number of anilines is 2. The Morgan fingerprint density at radius 2 is 1.40 bits per heavy atom. The van der Waals surface area contributed by atoms with Crippen molar-refractivity contribution >= 4 is 35.1 Å². The number of rotatable bonds is 16. The first-order chi connectivity index (χ1) is 20.0. The van der Waals surface area contributed by atoms with Gasteiger partial charge in [0.1, 0.15) is 11.5 Å². The van der Waals surface area contributed by atoms with Crippen molar-refractivity contribution in [1.82, 2.24) is 15.3 Å². The van der Waals surface area contributed by atoms with Crippen LogP contribution in [0.3, 0.4) is 0 Å². The Morgan fingerprint density at radius 3 is 1.86 bits per heavy atom. The summed E-state index contributed by atoms with van der Waals surface area (Å²) in [5.74, 6) is -0.667. The molecule has 3 rings (SSSR count). The Labute approximate surface area is 251 Å². The van der Waals surface area contributed by atoms with Crippen LogP contribution in [0.5, 0.6) is 11.5 Å². The quantitative estimate of drug-likeness (QED) is 0.210. The first-order valence-electron chi connectivity index (χ1n) is 13.7. The fraction of sp³-hybridized carbons (Fsp3) is 0.400. The van der Waals surface area contributed by atoms with Gasteiger partial charge >= 0.3 is 0 Å². The topological polar surface area (TPSA) is 166 Å². The van der Waals surface area contributed by atoms with Gasteiger partial charge in [0.05, 0.1) is 46.9 Å². The third-order valence-electron chi connectivity index (χ3n) is 7.17. The van der Waals surface area contributed by atoms with Crippen molar-refractivity contribution in [3.8, 4) is 11.5 Å². The molecule has 5 N–H and O–H groups in total. The summed E-state index contributed by atoms with van der Waals surface area (Å²) in [6, 6.07) is 15.1. The molecule has 0 bridgehead atoms. The lowest BCUT2D eigenvalue weighted by atomic mass is 10.1. The highest BCUT2D eigenvalue weighted by atomic mass is 35.5. The Kier molecular flexibility index (Phi) is 11.8. The van der Waals surface area contributed by atoms with Crippen LogP contribution >= 0.6 is 11.6 Å². The number of benzene rings is 2. The van der Waals surface area contributed by atoms with E-state index >= 15 is 0 Å². The van der Waals surface area contributed by atoms with E-state index in [2.05, 4.69) is 22.3 Å². The number of quaternary nitrogens is 1. The summed E-state index contributed by atoms with van der Waals surface area (Å²) >= 11 is 5.95. The SMILES string of the molecule is COc1ccc(CCC[N+](C)(CCCc2ccc(OC)cc2)C[C@H](CC(=O)[O-])NC(=O)c2nc(Cl)c(N)nc2N)cc1. The Balaban J connectivity index is 1.75. The molecule has 0 spiro atoms. The molecule has 0 aliphatic rings.